The van der Waals surface area contributed by atoms with Gasteiger partial charge in [-0.1, -0.05) is 39.8 Å². The summed E-state index contributed by atoms with van der Waals surface area (Å²) in [5, 5.41) is 15.7. The van der Waals surface area contributed by atoms with Crippen LogP contribution >= 0.6 is 0 Å². The van der Waals surface area contributed by atoms with Gasteiger partial charge in [-0.15, -0.1) is 14.7 Å². The van der Waals surface area contributed by atoms with Crippen molar-refractivity contribution < 1.29 is 94.4 Å². The van der Waals surface area contributed by atoms with Crippen molar-refractivity contribution in [1.29, 1.82) is 0 Å². The van der Waals surface area contributed by atoms with Crippen LogP contribution in [0.4, 0.5) is 35.3 Å². The van der Waals surface area contributed by atoms with Crippen LogP contribution in [0.5, 0.6) is 34.5 Å². The van der Waals surface area contributed by atoms with Crippen LogP contribution in [0.2, 0.25) is 0 Å². The fourth-order valence-corrected chi connectivity index (χ4v) is 12.6. The molecule has 3 amide bonds. The Balaban J connectivity index is 0.000000209. The molecule has 125 heavy (non-hydrogen) atoms. The first kappa shape index (κ1) is 96.2. The number of ketones is 8. The van der Waals surface area contributed by atoms with Gasteiger partial charge in [-0.2, -0.15) is 15.0 Å². The average molecular weight is 1730 g/mol. The first-order valence-corrected chi connectivity index (χ1v) is 39.4. The molecular weight excluding hydrogens is 1630 g/mol. The fraction of sp³-hybridized carbons (Fsp3) is 0.440. The third kappa shape index (κ3) is 22.9. The molecule has 3 fully saturated rings. The molecule has 9 heterocycles. The number of nitrogens with two attached hydrogens (primary N) is 1. The standard InChI is InChI=1S/2C25H28N6O7.C19H21N5O4.C8H14O2.C7H11NO3/c1-25(2,29-35)21(33)17(32)14-26-22-15-12-19(36-3)20(37-4)13-16(15)27-24(28-22)31-9-7-30(8-10-31)23(34)18-6-5-11-38-18;1-15(32)25(2,29-35)21(33)14-26-22-16-12-19(36-3)20(37-4)13-17(16)27-24(28-22)31-9-7-30(8-10-31)23(34)18-6-5-11-38-18;1-26-15-10-12-13(11-16(15)27-2)21-19(22-17(12)20)24-7-5-23(6-8-24)18(25)14-4-3-9-28-14;1-5-6(9)7(10)8(2,3)4;1-4-6(10)7(3,8-11)5(2)9/h2*5-6,11-13H,7-10,14H2,1-4H3,(H,26,27,28);3-4,9-11H,5-8H2,1-2H3,(H2,20,21,22);5H2,1-4H3;4H2,1-3H3. The molecule has 3 aliphatic rings. The molecule has 0 radical (unpaired) electrons. The molecule has 0 bridgehead atoms. The lowest BCUT2D eigenvalue weighted by Gasteiger charge is -2.34. The van der Waals surface area contributed by atoms with Gasteiger partial charge in [-0.25, -0.2) is 15.0 Å². The number of carbonyl (C=O) groups is 11. The van der Waals surface area contributed by atoms with Gasteiger partial charge in [0.2, 0.25) is 46.3 Å². The average Bonchev–Trinajstić information content (AvgIpc) is 1.03. The number of nitrogen functional groups attached to an aromatic ring is 1. The summed E-state index contributed by atoms with van der Waals surface area (Å²) in [4.78, 5) is 202. The number of nitrogens with zero attached hydrogens (tertiary/aromatic N) is 15. The van der Waals surface area contributed by atoms with Gasteiger partial charge in [0.15, 0.2) is 86.2 Å². The third-order valence-corrected chi connectivity index (χ3v) is 20.6. The number of Topliss-reactive ketones (excluding diaryl/α,β-unsaturated/α-hetero) is 8. The highest BCUT2D eigenvalue weighted by Crippen LogP contribution is 2.39. The Morgan fingerprint density at radius 3 is 1.01 bits per heavy atom. The van der Waals surface area contributed by atoms with E-state index in [-0.39, 0.29) is 59.6 Å². The minimum Gasteiger partial charge on any atom is -0.493 e. The topological polar surface area (TPSA) is 518 Å². The van der Waals surface area contributed by atoms with Gasteiger partial charge in [0.25, 0.3) is 17.7 Å². The van der Waals surface area contributed by atoms with Gasteiger partial charge in [0.1, 0.15) is 17.5 Å². The highest BCUT2D eigenvalue weighted by atomic mass is 16.5. The number of hydrogen-bond acceptors (Lipinski definition) is 38. The SMILES string of the molecule is CCC(=O)C(=O)C(C)(C)C.CCC(=O)C(C)(N=O)C(C)=O.COc1cc2nc(N3CCN(C(=O)c4ccco4)CC3)nc(N)c2cc1OC.COc1cc2nc(N3CCN(C(=O)c4ccco4)CC3)nc(NCC(=O)C(=O)C(C)(C)N=O)c2cc1OC.COc1cc2nc(N3CCN(C(=O)c4ccco4)CC3)nc(NCC(=O)C(C)(N=O)C(C)=O)c2cc1OC. The first-order valence-electron chi connectivity index (χ1n) is 39.4. The van der Waals surface area contributed by atoms with E-state index < -0.39 is 63.3 Å². The number of hydrogen-bond donors (Lipinski definition) is 3. The highest BCUT2D eigenvalue weighted by Gasteiger charge is 2.41. The van der Waals surface area contributed by atoms with Crippen molar-refractivity contribution >= 4 is 132 Å². The number of furan rings is 3. The van der Waals surface area contributed by atoms with Crippen molar-refractivity contribution in [2.75, 3.05) is 165 Å². The van der Waals surface area contributed by atoms with Gasteiger partial charge in [-0.05, 0) is 106 Å². The number of amides is 3. The van der Waals surface area contributed by atoms with E-state index in [2.05, 4.69) is 51.1 Å². The lowest BCUT2D eigenvalue weighted by molar-refractivity contribution is -0.141. The summed E-state index contributed by atoms with van der Waals surface area (Å²) >= 11 is 0. The van der Waals surface area contributed by atoms with Gasteiger partial charge < -0.3 is 87.4 Å². The number of rotatable bonds is 30. The van der Waals surface area contributed by atoms with E-state index in [1.807, 2.05) is 14.7 Å². The van der Waals surface area contributed by atoms with E-state index in [4.69, 9.17) is 52.4 Å². The number of ether oxygens (including phenoxy) is 6. The van der Waals surface area contributed by atoms with E-state index in [9.17, 15) is 67.5 Å². The molecule has 0 spiro atoms. The largest absolute Gasteiger partial charge is 0.493 e. The van der Waals surface area contributed by atoms with Crippen molar-refractivity contribution in [3.05, 3.63) is 124 Å². The Kier molecular flexibility index (Phi) is 32.7. The molecule has 12 rings (SSSR count). The summed E-state index contributed by atoms with van der Waals surface area (Å²) < 4.78 is 48.0. The Morgan fingerprint density at radius 2 is 0.728 bits per heavy atom. The van der Waals surface area contributed by atoms with Crippen LogP contribution in [0.1, 0.15) is 121 Å². The molecule has 2 unspecified atom stereocenters. The minimum atomic E-state index is -2.00. The van der Waals surface area contributed by atoms with Gasteiger partial charge in [-0.3, -0.25) is 52.7 Å². The number of nitrogens with one attached hydrogen (secondary N) is 2. The summed E-state index contributed by atoms with van der Waals surface area (Å²) in [6.45, 7) is 21.0. The molecule has 0 aliphatic carbocycles. The van der Waals surface area contributed by atoms with Crippen LogP contribution in [0.3, 0.4) is 0 Å². The smallest absolute Gasteiger partial charge is 0.289 e. The summed E-state index contributed by atoms with van der Waals surface area (Å²) in [6, 6.07) is 20.2. The molecular formula is C84H102N18O23. The summed E-state index contributed by atoms with van der Waals surface area (Å²) in [7, 11) is 9.14. The van der Waals surface area contributed by atoms with Crippen LogP contribution < -0.4 is 59.5 Å². The van der Waals surface area contributed by atoms with Gasteiger partial charge in [0, 0.05) is 131 Å². The maximum absolute atomic E-state index is 12.7. The Labute approximate surface area is 718 Å². The zero-order valence-corrected chi connectivity index (χ0v) is 72.6. The molecule has 41 heteroatoms. The number of piperazine rings is 3. The molecule has 666 valence electrons. The quantitative estimate of drug-likeness (QED) is 0.0214. The van der Waals surface area contributed by atoms with E-state index in [0.717, 1.165) is 6.92 Å². The molecule has 41 nitrogen and oxygen atoms in total. The molecule has 3 aromatic carbocycles. The molecule has 9 aromatic rings. The zero-order valence-electron chi connectivity index (χ0n) is 72.6. The monoisotopic (exact) mass is 1730 g/mol. The second-order valence-corrected chi connectivity index (χ2v) is 30.2. The van der Waals surface area contributed by atoms with Crippen LogP contribution in [0.25, 0.3) is 32.7 Å². The minimum absolute atomic E-state index is 0.111. The second kappa shape index (κ2) is 42.5. The van der Waals surface area contributed by atoms with Crippen LogP contribution in [0.15, 0.2) is 120 Å². The number of anilines is 6. The van der Waals surface area contributed by atoms with E-state index >= 15 is 0 Å². The molecule has 4 N–H and O–H groups in total. The van der Waals surface area contributed by atoms with Crippen LogP contribution in [-0.2, 0) is 38.4 Å². The molecule has 3 saturated heterocycles. The summed E-state index contributed by atoms with van der Waals surface area (Å²) in [5.74, 6) is 1.01. The summed E-state index contributed by atoms with van der Waals surface area (Å²) in [6.07, 6.45) is 4.88. The predicted molar refractivity (Wildman–Crippen MR) is 460 cm³/mol. The zero-order chi connectivity index (χ0) is 92.0. The molecule has 0 saturated carbocycles. The van der Waals surface area contributed by atoms with Crippen molar-refractivity contribution in [2.24, 2.45) is 20.9 Å². The lowest BCUT2D eigenvalue weighted by Crippen LogP contribution is -2.49. The predicted octanol–water partition coefficient (Wildman–Crippen LogP) is 9.04. The van der Waals surface area contributed by atoms with Gasteiger partial charge >= 0.3 is 0 Å². The molecule has 3 aliphatic heterocycles. The highest BCUT2D eigenvalue weighted by molar-refractivity contribution is 6.41. The lowest BCUT2D eigenvalue weighted by atomic mass is 9.88. The van der Waals surface area contributed by atoms with E-state index in [0.29, 0.717) is 187 Å². The van der Waals surface area contributed by atoms with Crippen molar-refractivity contribution in [3.63, 3.8) is 0 Å². The number of nitroso groups, excluding NO2 is 3. The fourth-order valence-electron chi connectivity index (χ4n) is 12.6. The number of fused-ring (bicyclic) bond motifs is 3. The molecule has 2 atom stereocenters. The van der Waals surface area contributed by atoms with E-state index in [1.54, 1.807) is 136 Å². The Bertz CT molecular complexity index is 5440. The summed E-state index contributed by atoms with van der Waals surface area (Å²) in [5.41, 5.74) is 2.03. The van der Waals surface area contributed by atoms with Crippen molar-refractivity contribution in [2.45, 2.75) is 106 Å². The van der Waals surface area contributed by atoms with Crippen LogP contribution in [0, 0.1) is 20.1 Å². The third-order valence-electron chi connectivity index (χ3n) is 20.6. The maximum atomic E-state index is 12.7. The first-order chi connectivity index (χ1) is 59.4. The normalized spacial score (nSPS) is 14.2. The number of methoxy groups -OCH3 is 6. The Hall–Kier alpha value is -14.3. The maximum Gasteiger partial charge on any atom is 0.289 e. The van der Waals surface area contributed by atoms with Gasteiger partial charge in [0.05, 0.1) is 91.1 Å². The van der Waals surface area contributed by atoms with Crippen LogP contribution in [-0.4, -0.2) is 259 Å². The Morgan fingerprint density at radius 1 is 0.408 bits per heavy atom. The number of carbonyl (C=O) groups excluding carboxylic acids is 11. The number of benzene rings is 3. The van der Waals surface area contributed by atoms with Crippen molar-refractivity contribution in [1.82, 2.24) is 44.6 Å². The second-order valence-electron chi connectivity index (χ2n) is 30.2. The van der Waals surface area contributed by atoms with Crippen molar-refractivity contribution in [3.8, 4) is 34.5 Å². The molecule has 6 aromatic heterocycles. The van der Waals surface area contributed by atoms with E-state index in [1.165, 1.54) is 81.8 Å². The number of aromatic nitrogens is 6.